The standard InChI is InChI=1S/C17H28N4O2/c1-13-9-15(19-12-18-13)21-8-6-7-14(11-21)10-20(5)16(22)23-17(2,3)4/h9,12,14H,6-8,10-11H2,1-5H3. The predicted molar refractivity (Wildman–Crippen MR) is 90.6 cm³/mol. The van der Waals surface area contributed by atoms with E-state index in [-0.39, 0.29) is 6.09 Å². The lowest BCUT2D eigenvalue weighted by Gasteiger charge is -2.35. The number of carbonyl (C=O) groups is 1. The van der Waals surface area contributed by atoms with Crippen LogP contribution in [-0.2, 0) is 4.74 Å². The molecule has 0 aromatic carbocycles. The van der Waals surface area contributed by atoms with E-state index in [9.17, 15) is 4.79 Å². The molecule has 6 heteroatoms. The third kappa shape index (κ3) is 5.37. The minimum atomic E-state index is -0.456. The van der Waals surface area contributed by atoms with Gasteiger partial charge in [0.1, 0.15) is 17.7 Å². The van der Waals surface area contributed by atoms with Crippen molar-refractivity contribution in [2.45, 2.75) is 46.1 Å². The maximum Gasteiger partial charge on any atom is 0.410 e. The van der Waals surface area contributed by atoms with Crippen LogP contribution in [0, 0.1) is 12.8 Å². The Morgan fingerprint density at radius 2 is 2.17 bits per heavy atom. The highest BCUT2D eigenvalue weighted by atomic mass is 16.6. The molecule has 23 heavy (non-hydrogen) atoms. The summed E-state index contributed by atoms with van der Waals surface area (Å²) >= 11 is 0. The van der Waals surface area contributed by atoms with Crippen LogP contribution in [0.2, 0.25) is 0 Å². The molecular formula is C17H28N4O2. The normalized spacial score (nSPS) is 18.7. The number of anilines is 1. The Morgan fingerprint density at radius 1 is 1.43 bits per heavy atom. The monoisotopic (exact) mass is 320 g/mol. The highest BCUT2D eigenvalue weighted by Crippen LogP contribution is 2.22. The van der Waals surface area contributed by atoms with Gasteiger partial charge in [-0.1, -0.05) is 0 Å². The second-order valence-corrected chi connectivity index (χ2v) is 7.33. The van der Waals surface area contributed by atoms with Crippen LogP contribution in [-0.4, -0.2) is 53.2 Å². The molecule has 2 rings (SSSR count). The van der Waals surface area contributed by atoms with Crippen molar-refractivity contribution in [1.82, 2.24) is 14.9 Å². The van der Waals surface area contributed by atoms with Gasteiger partial charge in [-0.15, -0.1) is 0 Å². The lowest BCUT2D eigenvalue weighted by Crippen LogP contribution is -2.43. The van der Waals surface area contributed by atoms with E-state index in [4.69, 9.17) is 4.74 Å². The first kappa shape index (κ1) is 17.5. The van der Waals surface area contributed by atoms with Crippen LogP contribution in [0.5, 0.6) is 0 Å². The molecule has 1 unspecified atom stereocenters. The number of carbonyl (C=O) groups excluding carboxylic acids is 1. The smallest absolute Gasteiger partial charge is 0.410 e. The third-order valence-electron chi connectivity index (χ3n) is 3.87. The van der Waals surface area contributed by atoms with E-state index in [2.05, 4.69) is 14.9 Å². The Labute approximate surface area is 138 Å². The molecule has 0 saturated carbocycles. The lowest BCUT2D eigenvalue weighted by molar-refractivity contribution is 0.0269. The first-order valence-electron chi connectivity index (χ1n) is 8.22. The van der Waals surface area contributed by atoms with Gasteiger partial charge < -0.3 is 14.5 Å². The van der Waals surface area contributed by atoms with E-state index in [0.717, 1.165) is 37.4 Å². The van der Waals surface area contributed by atoms with Gasteiger partial charge in [0, 0.05) is 38.4 Å². The number of hydrogen-bond donors (Lipinski definition) is 0. The van der Waals surface area contributed by atoms with Crippen molar-refractivity contribution in [3.8, 4) is 0 Å². The molecule has 0 bridgehead atoms. The number of hydrogen-bond acceptors (Lipinski definition) is 5. The number of ether oxygens (including phenoxy) is 1. The van der Waals surface area contributed by atoms with Crippen LogP contribution < -0.4 is 4.90 Å². The van der Waals surface area contributed by atoms with Crippen LogP contribution >= 0.6 is 0 Å². The van der Waals surface area contributed by atoms with Crippen LogP contribution in [0.4, 0.5) is 10.6 Å². The van der Waals surface area contributed by atoms with Crippen LogP contribution in [0.25, 0.3) is 0 Å². The van der Waals surface area contributed by atoms with Crippen molar-refractivity contribution < 1.29 is 9.53 Å². The molecule has 0 radical (unpaired) electrons. The van der Waals surface area contributed by atoms with Gasteiger partial charge in [-0.05, 0) is 46.5 Å². The number of aryl methyl sites for hydroxylation is 1. The maximum atomic E-state index is 12.1. The zero-order valence-corrected chi connectivity index (χ0v) is 14.9. The Balaban J connectivity index is 1.92. The first-order chi connectivity index (χ1) is 10.7. The second kappa shape index (κ2) is 7.15. The fourth-order valence-corrected chi connectivity index (χ4v) is 2.84. The molecule has 1 amide bonds. The van der Waals surface area contributed by atoms with Crippen molar-refractivity contribution in [2.75, 3.05) is 31.6 Å². The van der Waals surface area contributed by atoms with E-state index in [1.807, 2.05) is 40.8 Å². The van der Waals surface area contributed by atoms with Crippen molar-refractivity contribution in [3.05, 3.63) is 18.1 Å². The van der Waals surface area contributed by atoms with Crippen molar-refractivity contribution >= 4 is 11.9 Å². The van der Waals surface area contributed by atoms with E-state index >= 15 is 0 Å². The molecule has 1 aromatic rings. The van der Waals surface area contributed by atoms with Gasteiger partial charge >= 0.3 is 6.09 Å². The van der Waals surface area contributed by atoms with Gasteiger partial charge in [0.15, 0.2) is 0 Å². The zero-order chi connectivity index (χ0) is 17.0. The van der Waals surface area contributed by atoms with Gasteiger partial charge in [-0.2, -0.15) is 0 Å². The largest absolute Gasteiger partial charge is 0.444 e. The van der Waals surface area contributed by atoms with Gasteiger partial charge in [0.2, 0.25) is 0 Å². The molecule has 1 fully saturated rings. The molecular weight excluding hydrogens is 292 g/mol. The van der Waals surface area contributed by atoms with E-state index in [1.54, 1.807) is 11.2 Å². The van der Waals surface area contributed by atoms with Crippen LogP contribution in [0.1, 0.15) is 39.3 Å². The summed E-state index contributed by atoms with van der Waals surface area (Å²) in [7, 11) is 1.81. The summed E-state index contributed by atoms with van der Waals surface area (Å²) < 4.78 is 5.42. The highest BCUT2D eigenvalue weighted by molar-refractivity contribution is 5.67. The summed E-state index contributed by atoms with van der Waals surface area (Å²) in [6.45, 7) is 10.3. The molecule has 6 nitrogen and oxygen atoms in total. The molecule has 1 aromatic heterocycles. The van der Waals surface area contributed by atoms with E-state index in [0.29, 0.717) is 12.5 Å². The van der Waals surface area contributed by atoms with Crippen LogP contribution in [0.3, 0.4) is 0 Å². The summed E-state index contributed by atoms with van der Waals surface area (Å²) in [6.07, 6.45) is 3.58. The molecule has 1 aliphatic heterocycles. The summed E-state index contributed by atoms with van der Waals surface area (Å²) in [4.78, 5) is 24.6. The quantitative estimate of drug-likeness (QED) is 0.857. The molecule has 0 spiro atoms. The summed E-state index contributed by atoms with van der Waals surface area (Å²) in [5.74, 6) is 1.40. The average molecular weight is 320 g/mol. The molecule has 0 N–H and O–H groups in total. The molecule has 1 atom stereocenters. The van der Waals surface area contributed by atoms with Gasteiger partial charge in [0.05, 0.1) is 0 Å². The van der Waals surface area contributed by atoms with Gasteiger partial charge in [-0.25, -0.2) is 14.8 Å². The molecule has 128 valence electrons. The highest BCUT2D eigenvalue weighted by Gasteiger charge is 2.26. The van der Waals surface area contributed by atoms with Crippen molar-refractivity contribution in [3.63, 3.8) is 0 Å². The molecule has 1 aliphatic rings. The Hall–Kier alpha value is -1.85. The SMILES string of the molecule is Cc1cc(N2CCCC(CN(C)C(=O)OC(C)(C)C)C2)ncn1. The number of piperidine rings is 1. The molecule has 1 saturated heterocycles. The van der Waals surface area contributed by atoms with E-state index in [1.165, 1.54) is 0 Å². The fourth-order valence-electron chi connectivity index (χ4n) is 2.84. The minimum Gasteiger partial charge on any atom is -0.444 e. The number of aromatic nitrogens is 2. The Bertz CT molecular complexity index is 542. The average Bonchev–Trinajstić information content (AvgIpc) is 2.45. The predicted octanol–water partition coefficient (Wildman–Crippen LogP) is 2.87. The molecule has 0 aliphatic carbocycles. The van der Waals surface area contributed by atoms with Crippen LogP contribution in [0.15, 0.2) is 12.4 Å². The maximum absolute atomic E-state index is 12.1. The Kier molecular flexibility index (Phi) is 5.44. The minimum absolute atomic E-state index is 0.257. The fraction of sp³-hybridized carbons (Fsp3) is 0.706. The number of rotatable bonds is 3. The zero-order valence-electron chi connectivity index (χ0n) is 14.9. The van der Waals surface area contributed by atoms with Crippen molar-refractivity contribution in [1.29, 1.82) is 0 Å². The first-order valence-corrected chi connectivity index (χ1v) is 8.22. The second-order valence-electron chi connectivity index (χ2n) is 7.33. The molecule has 2 heterocycles. The number of amides is 1. The third-order valence-corrected chi connectivity index (χ3v) is 3.87. The summed E-state index contributed by atoms with van der Waals surface area (Å²) in [5.41, 5.74) is 0.519. The van der Waals surface area contributed by atoms with Gasteiger partial charge in [-0.3, -0.25) is 0 Å². The Morgan fingerprint density at radius 3 is 2.83 bits per heavy atom. The lowest BCUT2D eigenvalue weighted by atomic mass is 9.97. The topological polar surface area (TPSA) is 58.6 Å². The van der Waals surface area contributed by atoms with Gasteiger partial charge in [0.25, 0.3) is 0 Å². The van der Waals surface area contributed by atoms with E-state index < -0.39 is 5.60 Å². The van der Waals surface area contributed by atoms with Crippen molar-refractivity contribution in [2.24, 2.45) is 5.92 Å². The number of nitrogens with zero attached hydrogens (tertiary/aromatic N) is 4. The summed E-state index contributed by atoms with van der Waals surface area (Å²) in [5, 5.41) is 0. The summed E-state index contributed by atoms with van der Waals surface area (Å²) in [6, 6.07) is 2.01.